The molecule has 0 amide bonds. The van der Waals surface area contributed by atoms with E-state index in [0.717, 1.165) is 35.3 Å². The number of aliphatic carboxylic acids is 1. The molecule has 0 fully saturated rings. The largest absolute Gasteiger partial charge is 0.493 e. The van der Waals surface area contributed by atoms with Crippen molar-refractivity contribution in [2.75, 3.05) is 12.5 Å². The van der Waals surface area contributed by atoms with E-state index in [1.165, 1.54) is 0 Å². The van der Waals surface area contributed by atoms with Gasteiger partial charge in [-0.2, -0.15) is 0 Å². The number of carbonyl (C=O) groups is 1. The van der Waals surface area contributed by atoms with Gasteiger partial charge in [-0.3, -0.25) is 4.79 Å². The molecule has 25 heavy (non-hydrogen) atoms. The molecule has 0 radical (unpaired) electrons. The van der Waals surface area contributed by atoms with Crippen molar-refractivity contribution in [1.82, 2.24) is 0 Å². The van der Waals surface area contributed by atoms with Gasteiger partial charge in [-0.1, -0.05) is 43.3 Å². The Hall–Kier alpha value is -2.00. The van der Waals surface area contributed by atoms with E-state index in [-0.39, 0.29) is 12.3 Å². The van der Waals surface area contributed by atoms with Gasteiger partial charge in [-0.05, 0) is 48.4 Å². The van der Waals surface area contributed by atoms with Crippen LogP contribution in [0.5, 0.6) is 5.75 Å². The first-order chi connectivity index (χ1) is 12.1. The van der Waals surface area contributed by atoms with Crippen molar-refractivity contribution in [2.45, 2.75) is 38.5 Å². The van der Waals surface area contributed by atoms with Gasteiger partial charge in [0, 0.05) is 17.9 Å². The Kier molecular flexibility index (Phi) is 7.80. The summed E-state index contributed by atoms with van der Waals surface area (Å²) in [4.78, 5) is 10.8. The Labute approximate surface area is 154 Å². The summed E-state index contributed by atoms with van der Waals surface area (Å²) in [6, 6.07) is 16.3. The standard InChI is InChI=1S/C21H25ClO3/c1-16(9-12-21(23)24)18-10-11-20(25-14-6-5-13-22)19(15-18)17-7-3-2-4-8-17/h2-4,7-8,10-11,15-16H,5-6,9,12-14H2,1H3,(H,23,24). The molecule has 0 aliphatic carbocycles. The second kappa shape index (κ2) is 10.1. The highest BCUT2D eigenvalue weighted by molar-refractivity contribution is 6.17. The van der Waals surface area contributed by atoms with Gasteiger partial charge in [0.25, 0.3) is 0 Å². The Balaban J connectivity index is 2.23. The van der Waals surface area contributed by atoms with Crippen LogP contribution in [-0.2, 0) is 4.79 Å². The summed E-state index contributed by atoms with van der Waals surface area (Å²) in [7, 11) is 0. The minimum Gasteiger partial charge on any atom is -0.493 e. The van der Waals surface area contributed by atoms with Crippen molar-refractivity contribution < 1.29 is 14.6 Å². The molecule has 2 aromatic carbocycles. The first-order valence-corrected chi connectivity index (χ1v) is 9.25. The maximum Gasteiger partial charge on any atom is 0.303 e. The van der Waals surface area contributed by atoms with Gasteiger partial charge >= 0.3 is 5.97 Å². The average Bonchev–Trinajstić information content (AvgIpc) is 2.64. The fraction of sp³-hybridized carbons (Fsp3) is 0.381. The van der Waals surface area contributed by atoms with Crippen LogP contribution in [0.25, 0.3) is 11.1 Å². The van der Waals surface area contributed by atoms with E-state index in [9.17, 15) is 4.79 Å². The Morgan fingerprint density at radius 2 is 1.92 bits per heavy atom. The van der Waals surface area contributed by atoms with Gasteiger partial charge in [-0.15, -0.1) is 11.6 Å². The highest BCUT2D eigenvalue weighted by Crippen LogP contribution is 2.34. The second-order valence-corrected chi connectivity index (χ2v) is 6.58. The topological polar surface area (TPSA) is 46.5 Å². The van der Waals surface area contributed by atoms with E-state index in [2.05, 4.69) is 25.1 Å². The van der Waals surface area contributed by atoms with Crippen LogP contribution in [0.15, 0.2) is 48.5 Å². The summed E-state index contributed by atoms with van der Waals surface area (Å²) < 4.78 is 5.97. The van der Waals surface area contributed by atoms with E-state index in [4.69, 9.17) is 21.4 Å². The van der Waals surface area contributed by atoms with E-state index in [0.29, 0.717) is 18.9 Å². The maximum atomic E-state index is 10.8. The van der Waals surface area contributed by atoms with Crippen LogP contribution in [0, 0.1) is 0 Å². The maximum absolute atomic E-state index is 10.8. The number of carboxylic acids is 1. The van der Waals surface area contributed by atoms with Crippen molar-refractivity contribution in [2.24, 2.45) is 0 Å². The third kappa shape index (κ3) is 6.09. The number of rotatable bonds is 10. The molecule has 3 nitrogen and oxygen atoms in total. The molecule has 1 atom stereocenters. The lowest BCUT2D eigenvalue weighted by atomic mass is 9.92. The lowest BCUT2D eigenvalue weighted by Gasteiger charge is -2.16. The lowest BCUT2D eigenvalue weighted by Crippen LogP contribution is -2.02. The van der Waals surface area contributed by atoms with E-state index in [1.807, 2.05) is 30.3 Å². The summed E-state index contributed by atoms with van der Waals surface area (Å²) in [6.45, 7) is 2.70. The van der Waals surface area contributed by atoms with Crippen LogP contribution in [0.3, 0.4) is 0 Å². The molecule has 0 aliphatic heterocycles. The average molecular weight is 361 g/mol. The number of hydrogen-bond donors (Lipinski definition) is 1. The summed E-state index contributed by atoms with van der Waals surface area (Å²) >= 11 is 5.72. The number of benzene rings is 2. The number of carboxylic acid groups (broad SMARTS) is 1. The first kappa shape index (κ1) is 19.3. The van der Waals surface area contributed by atoms with Crippen LogP contribution in [-0.4, -0.2) is 23.6 Å². The third-order valence-corrected chi connectivity index (χ3v) is 4.50. The molecule has 0 aromatic heterocycles. The molecule has 0 heterocycles. The van der Waals surface area contributed by atoms with Crippen molar-refractivity contribution in [3.63, 3.8) is 0 Å². The number of unbranched alkanes of at least 4 members (excludes halogenated alkanes) is 1. The summed E-state index contributed by atoms with van der Waals surface area (Å²) in [6.07, 6.45) is 2.67. The predicted molar refractivity (Wildman–Crippen MR) is 103 cm³/mol. The quantitative estimate of drug-likeness (QED) is 0.435. The van der Waals surface area contributed by atoms with E-state index >= 15 is 0 Å². The zero-order chi connectivity index (χ0) is 18.1. The molecule has 134 valence electrons. The normalized spacial score (nSPS) is 11.9. The summed E-state index contributed by atoms with van der Waals surface area (Å²) in [5.41, 5.74) is 3.28. The zero-order valence-corrected chi connectivity index (χ0v) is 15.3. The van der Waals surface area contributed by atoms with E-state index < -0.39 is 5.97 Å². The molecular formula is C21H25ClO3. The predicted octanol–water partition coefficient (Wildman–Crippen LogP) is 5.72. The van der Waals surface area contributed by atoms with Gasteiger partial charge in [0.05, 0.1) is 6.61 Å². The van der Waals surface area contributed by atoms with Gasteiger partial charge in [0.2, 0.25) is 0 Å². The number of hydrogen-bond acceptors (Lipinski definition) is 2. The molecule has 0 saturated carbocycles. The molecule has 0 saturated heterocycles. The molecule has 0 spiro atoms. The minimum atomic E-state index is -0.755. The fourth-order valence-corrected chi connectivity index (χ4v) is 2.90. The number of alkyl halides is 1. The zero-order valence-electron chi connectivity index (χ0n) is 14.6. The molecular weight excluding hydrogens is 336 g/mol. The SMILES string of the molecule is CC(CCC(=O)O)c1ccc(OCCCCCl)c(-c2ccccc2)c1. The number of halogens is 1. The van der Waals surface area contributed by atoms with Crippen molar-refractivity contribution in [3.8, 4) is 16.9 Å². The Morgan fingerprint density at radius 3 is 2.60 bits per heavy atom. The third-order valence-electron chi connectivity index (χ3n) is 4.23. The van der Waals surface area contributed by atoms with Crippen LogP contribution in [0.2, 0.25) is 0 Å². The van der Waals surface area contributed by atoms with Gasteiger partial charge in [-0.25, -0.2) is 0 Å². The van der Waals surface area contributed by atoms with E-state index in [1.54, 1.807) is 0 Å². The van der Waals surface area contributed by atoms with Crippen molar-refractivity contribution >= 4 is 17.6 Å². The molecule has 4 heteroatoms. The Bertz CT molecular complexity index is 670. The van der Waals surface area contributed by atoms with Gasteiger partial charge in [0.15, 0.2) is 0 Å². The molecule has 2 aromatic rings. The molecule has 2 rings (SSSR count). The van der Waals surface area contributed by atoms with Crippen LogP contribution >= 0.6 is 11.6 Å². The molecule has 1 unspecified atom stereocenters. The van der Waals surface area contributed by atoms with Gasteiger partial charge in [0.1, 0.15) is 5.75 Å². The highest BCUT2D eigenvalue weighted by Gasteiger charge is 2.13. The van der Waals surface area contributed by atoms with Crippen LogP contribution in [0.1, 0.15) is 44.1 Å². The summed E-state index contributed by atoms with van der Waals surface area (Å²) in [5.74, 6) is 0.933. The van der Waals surface area contributed by atoms with Crippen LogP contribution < -0.4 is 4.74 Å². The fourth-order valence-electron chi connectivity index (χ4n) is 2.71. The van der Waals surface area contributed by atoms with Crippen molar-refractivity contribution in [1.29, 1.82) is 0 Å². The minimum absolute atomic E-state index is 0.179. The second-order valence-electron chi connectivity index (χ2n) is 6.20. The first-order valence-electron chi connectivity index (χ1n) is 8.71. The molecule has 1 N–H and O–H groups in total. The number of ether oxygens (including phenoxy) is 1. The summed E-state index contributed by atoms with van der Waals surface area (Å²) in [5, 5.41) is 8.90. The van der Waals surface area contributed by atoms with Gasteiger partial charge < -0.3 is 9.84 Å². The molecule has 0 bridgehead atoms. The molecule has 0 aliphatic rings. The smallest absolute Gasteiger partial charge is 0.303 e. The Morgan fingerprint density at radius 1 is 1.16 bits per heavy atom. The highest BCUT2D eigenvalue weighted by atomic mass is 35.5. The van der Waals surface area contributed by atoms with Crippen LogP contribution in [0.4, 0.5) is 0 Å². The monoisotopic (exact) mass is 360 g/mol. The van der Waals surface area contributed by atoms with Crippen molar-refractivity contribution in [3.05, 3.63) is 54.1 Å². The lowest BCUT2D eigenvalue weighted by molar-refractivity contribution is -0.137.